The van der Waals surface area contributed by atoms with Gasteiger partial charge in [-0.05, 0) is 37.3 Å². The van der Waals surface area contributed by atoms with Crippen molar-refractivity contribution in [1.29, 1.82) is 0 Å². The first-order valence-electron chi connectivity index (χ1n) is 6.14. The topological polar surface area (TPSA) is 67.2 Å². The average Bonchev–Trinajstić information content (AvgIpc) is 2.86. The van der Waals surface area contributed by atoms with Gasteiger partial charge in [0.05, 0.1) is 21.8 Å². The number of halogens is 1. The van der Waals surface area contributed by atoms with Crippen LogP contribution < -0.4 is 16.4 Å². The Morgan fingerprint density at radius 1 is 1.35 bits per heavy atom. The van der Waals surface area contributed by atoms with Gasteiger partial charge in [-0.3, -0.25) is 4.79 Å². The maximum Gasteiger partial charge on any atom is 0.251 e. The molecule has 6 heteroatoms. The number of nitrogen functional groups attached to an aromatic ring is 1. The first-order valence-corrected chi connectivity index (χ1v) is 7.34. The summed E-state index contributed by atoms with van der Waals surface area (Å²) < 4.78 is 0.761. The zero-order valence-corrected chi connectivity index (χ0v) is 12.8. The molecule has 4 nitrogen and oxygen atoms in total. The van der Waals surface area contributed by atoms with Crippen molar-refractivity contribution in [2.45, 2.75) is 13.0 Å². The van der Waals surface area contributed by atoms with Crippen LogP contribution in [-0.4, -0.2) is 13.0 Å². The monoisotopic (exact) mass is 309 g/mol. The number of amides is 1. The molecule has 0 aliphatic carbocycles. The molecule has 0 bridgehead atoms. The second-order valence-corrected chi connectivity index (χ2v) is 6.14. The Hall–Kier alpha value is -1.72. The zero-order chi connectivity index (χ0) is 14.7. The molecule has 4 N–H and O–H groups in total. The summed E-state index contributed by atoms with van der Waals surface area (Å²) in [6, 6.07) is 9.17. The Kier molecular flexibility index (Phi) is 4.52. The molecule has 0 saturated carbocycles. The van der Waals surface area contributed by atoms with Gasteiger partial charge in [-0.15, -0.1) is 11.3 Å². The molecule has 0 aliphatic rings. The van der Waals surface area contributed by atoms with Crippen LogP contribution in [0.5, 0.6) is 0 Å². The molecule has 1 atom stereocenters. The molecular weight excluding hydrogens is 294 g/mol. The Morgan fingerprint density at radius 3 is 2.65 bits per heavy atom. The largest absolute Gasteiger partial charge is 0.397 e. The molecule has 2 rings (SSSR count). The summed E-state index contributed by atoms with van der Waals surface area (Å²) in [7, 11) is 1.59. The highest BCUT2D eigenvalue weighted by Crippen LogP contribution is 2.30. The lowest BCUT2D eigenvalue weighted by atomic mass is 10.1. The van der Waals surface area contributed by atoms with Crippen LogP contribution in [0.25, 0.3) is 0 Å². The highest BCUT2D eigenvalue weighted by Gasteiger charge is 2.11. The Labute approximate surface area is 126 Å². The van der Waals surface area contributed by atoms with Gasteiger partial charge in [0.25, 0.3) is 5.91 Å². The van der Waals surface area contributed by atoms with E-state index in [-0.39, 0.29) is 11.9 Å². The van der Waals surface area contributed by atoms with Crippen LogP contribution >= 0.6 is 22.9 Å². The van der Waals surface area contributed by atoms with Crippen molar-refractivity contribution in [2.24, 2.45) is 0 Å². The van der Waals surface area contributed by atoms with Crippen LogP contribution in [0.2, 0.25) is 4.34 Å². The maximum atomic E-state index is 11.5. The van der Waals surface area contributed by atoms with Gasteiger partial charge in [-0.1, -0.05) is 11.6 Å². The van der Waals surface area contributed by atoms with E-state index in [0.717, 1.165) is 14.9 Å². The minimum Gasteiger partial charge on any atom is -0.397 e. The van der Waals surface area contributed by atoms with Gasteiger partial charge < -0.3 is 16.4 Å². The van der Waals surface area contributed by atoms with Crippen molar-refractivity contribution in [3.8, 4) is 0 Å². The van der Waals surface area contributed by atoms with Crippen molar-refractivity contribution >= 4 is 40.2 Å². The van der Waals surface area contributed by atoms with E-state index in [9.17, 15) is 4.79 Å². The van der Waals surface area contributed by atoms with Gasteiger partial charge in [-0.2, -0.15) is 0 Å². The molecule has 2 aromatic rings. The molecule has 0 spiro atoms. The third-order valence-corrected chi connectivity index (χ3v) is 4.35. The number of nitrogens with two attached hydrogens (primary N) is 1. The van der Waals surface area contributed by atoms with Crippen molar-refractivity contribution < 1.29 is 4.79 Å². The SMILES string of the molecule is CNC(=O)c1ccc(NC(C)c2ccc(Cl)s2)c(N)c1. The molecule has 106 valence electrons. The van der Waals surface area contributed by atoms with Gasteiger partial charge >= 0.3 is 0 Å². The predicted molar refractivity (Wildman–Crippen MR) is 85.6 cm³/mol. The lowest BCUT2D eigenvalue weighted by Gasteiger charge is -2.16. The minimum atomic E-state index is -0.152. The third-order valence-electron chi connectivity index (χ3n) is 2.93. The van der Waals surface area contributed by atoms with E-state index >= 15 is 0 Å². The molecule has 1 amide bonds. The molecule has 1 aromatic heterocycles. The number of carbonyl (C=O) groups excluding carboxylic acids is 1. The normalized spacial score (nSPS) is 11.9. The van der Waals surface area contributed by atoms with E-state index in [4.69, 9.17) is 17.3 Å². The minimum absolute atomic E-state index is 0.0978. The molecular formula is C14H16ClN3OS. The molecule has 1 heterocycles. The van der Waals surface area contributed by atoms with Gasteiger partial charge in [-0.25, -0.2) is 0 Å². The summed E-state index contributed by atoms with van der Waals surface area (Å²) in [5.74, 6) is -0.152. The smallest absolute Gasteiger partial charge is 0.251 e. The molecule has 1 unspecified atom stereocenters. The second kappa shape index (κ2) is 6.15. The molecule has 0 fully saturated rings. The molecule has 0 saturated heterocycles. The van der Waals surface area contributed by atoms with Crippen molar-refractivity contribution in [3.63, 3.8) is 0 Å². The van der Waals surface area contributed by atoms with Crippen molar-refractivity contribution in [1.82, 2.24) is 5.32 Å². The zero-order valence-electron chi connectivity index (χ0n) is 11.2. The van der Waals surface area contributed by atoms with E-state index in [1.165, 1.54) is 11.3 Å². The van der Waals surface area contributed by atoms with Crippen LogP contribution in [0.15, 0.2) is 30.3 Å². The van der Waals surface area contributed by atoms with Crippen LogP contribution in [0.4, 0.5) is 11.4 Å². The number of rotatable bonds is 4. The molecule has 20 heavy (non-hydrogen) atoms. The van der Waals surface area contributed by atoms with Crippen molar-refractivity contribution in [3.05, 3.63) is 45.1 Å². The van der Waals surface area contributed by atoms with Crippen LogP contribution in [0.3, 0.4) is 0 Å². The van der Waals surface area contributed by atoms with E-state index in [0.29, 0.717) is 11.3 Å². The second-order valence-electron chi connectivity index (χ2n) is 4.39. The van der Waals surface area contributed by atoms with Gasteiger partial charge in [0.2, 0.25) is 0 Å². The fourth-order valence-electron chi connectivity index (χ4n) is 1.85. The summed E-state index contributed by atoms with van der Waals surface area (Å²) in [6.45, 7) is 2.04. The Bertz CT molecular complexity index is 627. The summed E-state index contributed by atoms with van der Waals surface area (Å²) >= 11 is 7.46. The summed E-state index contributed by atoms with van der Waals surface area (Å²) in [6.07, 6.45) is 0. The van der Waals surface area contributed by atoms with E-state index in [2.05, 4.69) is 10.6 Å². The lowest BCUT2D eigenvalue weighted by molar-refractivity contribution is 0.0963. The van der Waals surface area contributed by atoms with E-state index < -0.39 is 0 Å². The number of hydrogen-bond donors (Lipinski definition) is 3. The number of nitrogens with one attached hydrogen (secondary N) is 2. The predicted octanol–water partition coefficient (Wildman–Crippen LogP) is 3.52. The Balaban J connectivity index is 2.15. The van der Waals surface area contributed by atoms with E-state index in [1.807, 2.05) is 25.1 Å². The fraction of sp³-hybridized carbons (Fsp3) is 0.214. The van der Waals surface area contributed by atoms with E-state index in [1.54, 1.807) is 19.2 Å². The third kappa shape index (κ3) is 3.23. The standard InChI is InChI=1S/C14H16ClN3OS/c1-8(12-5-6-13(15)20-12)18-11-4-3-9(7-10(11)16)14(19)17-2/h3-8,18H,16H2,1-2H3,(H,17,19). The Morgan fingerprint density at radius 2 is 2.10 bits per heavy atom. The van der Waals surface area contributed by atoms with Gasteiger partial charge in [0.1, 0.15) is 0 Å². The van der Waals surface area contributed by atoms with Gasteiger partial charge in [0.15, 0.2) is 0 Å². The highest BCUT2D eigenvalue weighted by atomic mass is 35.5. The molecule has 1 aromatic carbocycles. The quantitative estimate of drug-likeness (QED) is 0.757. The average molecular weight is 310 g/mol. The number of anilines is 2. The first-order chi connectivity index (χ1) is 9.51. The summed E-state index contributed by atoms with van der Waals surface area (Å²) in [4.78, 5) is 12.7. The van der Waals surface area contributed by atoms with Crippen molar-refractivity contribution in [2.75, 3.05) is 18.1 Å². The number of carbonyl (C=O) groups is 1. The van der Waals surface area contributed by atoms with Crippen LogP contribution in [-0.2, 0) is 0 Å². The number of hydrogen-bond acceptors (Lipinski definition) is 4. The lowest BCUT2D eigenvalue weighted by Crippen LogP contribution is -2.18. The number of benzene rings is 1. The first kappa shape index (κ1) is 14.7. The van der Waals surface area contributed by atoms with Gasteiger partial charge in [0, 0.05) is 17.5 Å². The maximum absolute atomic E-state index is 11.5. The molecule has 0 radical (unpaired) electrons. The summed E-state index contributed by atoms with van der Waals surface area (Å²) in [5, 5.41) is 5.89. The number of thiophene rings is 1. The highest BCUT2D eigenvalue weighted by molar-refractivity contribution is 7.16. The summed E-state index contributed by atoms with van der Waals surface area (Å²) in [5.41, 5.74) is 7.87. The van der Waals surface area contributed by atoms with Crippen LogP contribution in [0.1, 0.15) is 28.2 Å². The van der Waals surface area contributed by atoms with Crippen LogP contribution in [0, 0.1) is 0 Å². The molecule has 0 aliphatic heterocycles. The fourth-order valence-corrected chi connectivity index (χ4v) is 2.91.